The standard InChI is InChI=1S/C13H6Cl3N3OS2/c14-9-3-6(1-2-17-9)12(20)19-13-18-8(5-21-13)7-4-10(15)22-11(7)16/h1-5H,(H,18,19,20). The number of amides is 1. The molecular formula is C13H6Cl3N3OS2. The van der Waals surface area contributed by atoms with Crippen LogP contribution in [-0.2, 0) is 0 Å². The molecule has 0 fully saturated rings. The molecule has 0 aliphatic heterocycles. The number of thiophene rings is 1. The predicted molar refractivity (Wildman–Crippen MR) is 92.6 cm³/mol. The van der Waals surface area contributed by atoms with Crippen molar-refractivity contribution < 1.29 is 4.79 Å². The van der Waals surface area contributed by atoms with Crippen molar-refractivity contribution in [2.45, 2.75) is 0 Å². The molecule has 3 heterocycles. The smallest absolute Gasteiger partial charge is 0.257 e. The quantitative estimate of drug-likeness (QED) is 0.602. The summed E-state index contributed by atoms with van der Waals surface area (Å²) >= 11 is 20.4. The van der Waals surface area contributed by atoms with Gasteiger partial charge in [-0.3, -0.25) is 10.1 Å². The number of hydrogen-bond acceptors (Lipinski definition) is 5. The SMILES string of the molecule is O=C(Nc1nc(-c2cc(Cl)sc2Cl)cs1)c1ccnc(Cl)c1. The van der Waals surface area contributed by atoms with Gasteiger partial charge < -0.3 is 0 Å². The van der Waals surface area contributed by atoms with Crippen molar-refractivity contribution in [3.63, 3.8) is 0 Å². The molecule has 0 aliphatic carbocycles. The van der Waals surface area contributed by atoms with Gasteiger partial charge in [0.2, 0.25) is 0 Å². The number of anilines is 1. The molecule has 112 valence electrons. The van der Waals surface area contributed by atoms with E-state index < -0.39 is 0 Å². The van der Waals surface area contributed by atoms with Gasteiger partial charge in [-0.05, 0) is 18.2 Å². The summed E-state index contributed by atoms with van der Waals surface area (Å²) in [5.41, 5.74) is 1.83. The molecule has 0 radical (unpaired) electrons. The largest absolute Gasteiger partial charge is 0.298 e. The van der Waals surface area contributed by atoms with Gasteiger partial charge in [-0.2, -0.15) is 0 Å². The molecule has 3 rings (SSSR count). The third-order valence-corrected chi connectivity index (χ3v) is 5.10. The average Bonchev–Trinajstić information content (AvgIpc) is 3.05. The first-order chi connectivity index (χ1) is 10.5. The first-order valence-corrected chi connectivity index (χ1v) is 8.69. The average molecular weight is 391 g/mol. The molecule has 3 aromatic heterocycles. The third-order valence-electron chi connectivity index (χ3n) is 2.65. The zero-order valence-electron chi connectivity index (χ0n) is 10.6. The van der Waals surface area contributed by atoms with Crippen molar-refractivity contribution in [2.75, 3.05) is 5.32 Å². The van der Waals surface area contributed by atoms with Crippen molar-refractivity contribution in [3.05, 3.63) is 49.2 Å². The van der Waals surface area contributed by atoms with Crippen LogP contribution in [0.4, 0.5) is 5.13 Å². The molecular weight excluding hydrogens is 385 g/mol. The van der Waals surface area contributed by atoms with Gasteiger partial charge in [-0.15, -0.1) is 22.7 Å². The molecule has 3 aromatic rings. The van der Waals surface area contributed by atoms with Gasteiger partial charge in [-0.25, -0.2) is 9.97 Å². The fourth-order valence-corrected chi connectivity index (χ4v) is 4.04. The Labute approximate surface area is 148 Å². The van der Waals surface area contributed by atoms with Crippen LogP contribution in [0.5, 0.6) is 0 Å². The van der Waals surface area contributed by atoms with Gasteiger partial charge >= 0.3 is 0 Å². The minimum Gasteiger partial charge on any atom is -0.298 e. The van der Waals surface area contributed by atoms with Gasteiger partial charge in [0.1, 0.15) is 9.49 Å². The molecule has 0 bridgehead atoms. The highest BCUT2D eigenvalue weighted by atomic mass is 35.5. The number of thiazole rings is 1. The number of hydrogen-bond donors (Lipinski definition) is 1. The number of nitrogens with one attached hydrogen (secondary N) is 1. The molecule has 1 amide bonds. The molecule has 0 unspecified atom stereocenters. The summed E-state index contributed by atoms with van der Waals surface area (Å²) < 4.78 is 1.15. The van der Waals surface area contributed by atoms with Crippen LogP contribution in [0.2, 0.25) is 13.8 Å². The summed E-state index contributed by atoms with van der Waals surface area (Å²) in [7, 11) is 0. The normalized spacial score (nSPS) is 10.7. The van der Waals surface area contributed by atoms with Crippen LogP contribution in [0.3, 0.4) is 0 Å². The number of rotatable bonds is 3. The number of pyridine rings is 1. The van der Waals surface area contributed by atoms with E-state index in [1.165, 1.54) is 34.9 Å². The van der Waals surface area contributed by atoms with Gasteiger partial charge in [0.15, 0.2) is 5.13 Å². The van der Waals surface area contributed by atoms with Crippen molar-refractivity contribution in [2.24, 2.45) is 0 Å². The second kappa shape index (κ2) is 6.52. The number of carbonyl (C=O) groups excluding carboxylic acids is 1. The number of nitrogens with zero attached hydrogens (tertiary/aromatic N) is 2. The first kappa shape index (κ1) is 15.7. The van der Waals surface area contributed by atoms with Crippen LogP contribution in [0.15, 0.2) is 29.8 Å². The molecule has 0 aromatic carbocycles. The lowest BCUT2D eigenvalue weighted by Gasteiger charge is -2.01. The summed E-state index contributed by atoms with van der Waals surface area (Å²) in [6.45, 7) is 0. The Bertz CT molecular complexity index is 847. The first-order valence-electron chi connectivity index (χ1n) is 5.86. The maximum Gasteiger partial charge on any atom is 0.257 e. The highest BCUT2D eigenvalue weighted by Gasteiger charge is 2.14. The van der Waals surface area contributed by atoms with Crippen molar-refractivity contribution in [1.82, 2.24) is 9.97 Å². The fraction of sp³-hybridized carbons (Fsp3) is 0. The lowest BCUT2D eigenvalue weighted by molar-refractivity contribution is 0.102. The summed E-state index contributed by atoms with van der Waals surface area (Å²) in [6.07, 6.45) is 1.47. The molecule has 1 N–H and O–H groups in total. The molecule has 0 saturated heterocycles. The van der Waals surface area contributed by atoms with Crippen molar-refractivity contribution >= 4 is 68.5 Å². The van der Waals surface area contributed by atoms with Crippen LogP contribution in [0.25, 0.3) is 11.3 Å². The monoisotopic (exact) mass is 389 g/mol. The van der Waals surface area contributed by atoms with Gasteiger partial charge in [0.05, 0.1) is 10.0 Å². The summed E-state index contributed by atoms with van der Waals surface area (Å²) in [5, 5.41) is 5.24. The molecule has 0 aliphatic rings. The zero-order chi connectivity index (χ0) is 15.7. The predicted octanol–water partition coefficient (Wildman–Crippen LogP) is 5.48. The minimum atomic E-state index is -0.306. The van der Waals surface area contributed by atoms with Gasteiger partial charge in [-0.1, -0.05) is 34.8 Å². The van der Waals surface area contributed by atoms with Crippen LogP contribution in [0.1, 0.15) is 10.4 Å². The van der Waals surface area contributed by atoms with Crippen molar-refractivity contribution in [3.8, 4) is 11.3 Å². The Hall–Kier alpha value is -1.18. The Kier molecular flexibility index (Phi) is 4.65. The van der Waals surface area contributed by atoms with E-state index in [1.807, 2.05) is 0 Å². The number of aromatic nitrogens is 2. The molecule has 0 spiro atoms. The fourth-order valence-electron chi connectivity index (χ4n) is 1.68. The van der Waals surface area contributed by atoms with Crippen LogP contribution < -0.4 is 5.32 Å². The molecule has 9 heteroatoms. The lowest BCUT2D eigenvalue weighted by atomic mass is 10.2. The highest BCUT2D eigenvalue weighted by molar-refractivity contribution is 7.20. The molecule has 22 heavy (non-hydrogen) atoms. The van der Waals surface area contributed by atoms with Gasteiger partial charge in [0, 0.05) is 22.7 Å². The van der Waals surface area contributed by atoms with Crippen molar-refractivity contribution in [1.29, 1.82) is 0 Å². The Morgan fingerprint density at radius 3 is 2.73 bits per heavy atom. The molecule has 0 atom stereocenters. The Balaban J connectivity index is 1.80. The van der Waals surface area contributed by atoms with Crippen LogP contribution in [-0.4, -0.2) is 15.9 Å². The second-order valence-electron chi connectivity index (χ2n) is 4.10. The second-order valence-corrected chi connectivity index (χ2v) is 7.63. The van der Waals surface area contributed by atoms with E-state index in [4.69, 9.17) is 34.8 Å². The van der Waals surface area contributed by atoms with E-state index in [-0.39, 0.29) is 11.1 Å². The summed E-state index contributed by atoms with van der Waals surface area (Å²) in [4.78, 5) is 20.3. The summed E-state index contributed by atoms with van der Waals surface area (Å²) in [5.74, 6) is -0.306. The molecule has 0 saturated carbocycles. The van der Waals surface area contributed by atoms with E-state index >= 15 is 0 Å². The van der Waals surface area contributed by atoms with Gasteiger partial charge in [0.25, 0.3) is 5.91 Å². The Morgan fingerprint density at radius 1 is 1.23 bits per heavy atom. The van der Waals surface area contributed by atoms with E-state index in [9.17, 15) is 4.79 Å². The topological polar surface area (TPSA) is 54.9 Å². The highest BCUT2D eigenvalue weighted by Crippen LogP contribution is 2.39. The van der Waals surface area contributed by atoms with Crippen LogP contribution >= 0.6 is 57.5 Å². The lowest BCUT2D eigenvalue weighted by Crippen LogP contribution is -2.11. The van der Waals surface area contributed by atoms with E-state index in [0.717, 1.165) is 5.56 Å². The zero-order valence-corrected chi connectivity index (χ0v) is 14.5. The van der Waals surface area contributed by atoms with E-state index in [1.54, 1.807) is 17.5 Å². The maximum atomic E-state index is 12.1. The number of halogens is 3. The maximum absolute atomic E-state index is 12.1. The minimum absolute atomic E-state index is 0.257. The third kappa shape index (κ3) is 3.42. The van der Waals surface area contributed by atoms with E-state index in [2.05, 4.69) is 15.3 Å². The molecule has 4 nitrogen and oxygen atoms in total. The Morgan fingerprint density at radius 2 is 2.05 bits per heavy atom. The van der Waals surface area contributed by atoms with Crippen LogP contribution in [0, 0.1) is 0 Å². The number of carbonyl (C=O) groups is 1. The summed E-state index contributed by atoms with van der Waals surface area (Å²) in [6, 6.07) is 4.81. The van der Waals surface area contributed by atoms with E-state index in [0.29, 0.717) is 25.1 Å².